The molecule has 25 heavy (non-hydrogen) atoms. The summed E-state index contributed by atoms with van der Waals surface area (Å²) in [4.78, 5) is 14.9. The summed E-state index contributed by atoms with van der Waals surface area (Å²) in [7, 11) is 3.61. The van der Waals surface area contributed by atoms with E-state index >= 15 is 0 Å². The number of hydrogen-bond acceptors (Lipinski definition) is 3. The first-order chi connectivity index (χ1) is 12.1. The molecule has 1 fully saturated rings. The average molecular weight is 336 g/mol. The van der Waals surface area contributed by atoms with Crippen LogP contribution >= 0.6 is 0 Å². The Balaban J connectivity index is 1.53. The number of nitrogens with zero attached hydrogens (tertiary/aromatic N) is 1. The second-order valence-electron chi connectivity index (χ2n) is 7.34. The molecule has 1 aliphatic carbocycles. The minimum Gasteiger partial charge on any atom is -0.495 e. The Morgan fingerprint density at radius 3 is 2.52 bits per heavy atom. The van der Waals surface area contributed by atoms with Crippen LogP contribution in [0.3, 0.4) is 0 Å². The van der Waals surface area contributed by atoms with Crippen molar-refractivity contribution in [2.24, 2.45) is 5.41 Å². The van der Waals surface area contributed by atoms with E-state index in [-0.39, 0.29) is 11.3 Å². The van der Waals surface area contributed by atoms with Crippen LogP contribution in [0.1, 0.15) is 24.0 Å². The maximum atomic E-state index is 13.0. The molecular weight excluding hydrogens is 312 g/mol. The van der Waals surface area contributed by atoms with Crippen LogP contribution in [0.4, 0.5) is 5.69 Å². The standard InChI is InChI=1S/C21H24N2O2/c1-23-14-16-8-4-3-7-15(16)11-21(20(23)24)12-17(13-21)22-18-9-5-6-10-19(18)25-2/h3-10,17,22H,11-14H2,1-2H3. The third-order valence-corrected chi connectivity index (χ3v) is 5.60. The number of rotatable bonds is 3. The maximum Gasteiger partial charge on any atom is 0.229 e. The smallest absolute Gasteiger partial charge is 0.229 e. The minimum absolute atomic E-state index is 0.263. The Morgan fingerprint density at radius 2 is 1.76 bits per heavy atom. The zero-order valence-corrected chi connectivity index (χ0v) is 14.8. The van der Waals surface area contributed by atoms with Crippen molar-refractivity contribution in [2.45, 2.75) is 31.8 Å². The summed E-state index contributed by atoms with van der Waals surface area (Å²) in [5, 5.41) is 3.55. The molecule has 1 N–H and O–H groups in total. The number of ether oxygens (including phenoxy) is 1. The topological polar surface area (TPSA) is 41.6 Å². The first-order valence-corrected chi connectivity index (χ1v) is 8.83. The van der Waals surface area contributed by atoms with Crippen LogP contribution in [-0.4, -0.2) is 31.0 Å². The van der Waals surface area contributed by atoms with E-state index in [4.69, 9.17) is 4.74 Å². The quantitative estimate of drug-likeness (QED) is 0.933. The lowest BCUT2D eigenvalue weighted by molar-refractivity contribution is -0.146. The Hall–Kier alpha value is -2.49. The lowest BCUT2D eigenvalue weighted by Crippen LogP contribution is -2.54. The van der Waals surface area contributed by atoms with Crippen molar-refractivity contribution in [1.82, 2.24) is 4.90 Å². The van der Waals surface area contributed by atoms with Gasteiger partial charge in [0.25, 0.3) is 0 Å². The minimum atomic E-state index is -0.263. The molecule has 2 aromatic carbocycles. The molecule has 1 aliphatic heterocycles. The molecule has 0 unspecified atom stereocenters. The van der Waals surface area contributed by atoms with Gasteiger partial charge in [0.05, 0.1) is 18.2 Å². The van der Waals surface area contributed by atoms with E-state index in [0.717, 1.165) is 30.7 Å². The van der Waals surface area contributed by atoms with E-state index in [2.05, 4.69) is 29.6 Å². The molecule has 2 aliphatic rings. The summed E-state index contributed by atoms with van der Waals surface area (Å²) in [5.74, 6) is 1.12. The predicted octanol–water partition coefficient (Wildman–Crippen LogP) is 3.47. The van der Waals surface area contributed by atoms with Crippen molar-refractivity contribution < 1.29 is 9.53 Å². The lowest BCUT2D eigenvalue weighted by Gasteiger charge is -2.47. The fraction of sp³-hybridized carbons (Fsp3) is 0.381. The van der Waals surface area contributed by atoms with Crippen molar-refractivity contribution >= 4 is 11.6 Å². The third-order valence-electron chi connectivity index (χ3n) is 5.60. The Kier molecular flexibility index (Phi) is 3.91. The van der Waals surface area contributed by atoms with Crippen LogP contribution in [0.2, 0.25) is 0 Å². The first kappa shape index (κ1) is 16.0. The van der Waals surface area contributed by atoms with E-state index in [9.17, 15) is 4.79 Å². The summed E-state index contributed by atoms with van der Waals surface area (Å²) in [6, 6.07) is 16.7. The molecule has 4 rings (SSSR count). The molecule has 4 heteroatoms. The van der Waals surface area contributed by atoms with Crippen molar-refractivity contribution in [3.63, 3.8) is 0 Å². The zero-order valence-electron chi connectivity index (χ0n) is 14.8. The molecule has 0 aromatic heterocycles. The summed E-state index contributed by atoms with van der Waals surface area (Å²) < 4.78 is 5.42. The van der Waals surface area contributed by atoms with Crippen molar-refractivity contribution in [1.29, 1.82) is 0 Å². The fourth-order valence-corrected chi connectivity index (χ4v) is 4.34. The number of para-hydroxylation sites is 2. The molecule has 1 amide bonds. The van der Waals surface area contributed by atoms with Gasteiger partial charge in [0, 0.05) is 19.6 Å². The molecule has 1 spiro atoms. The van der Waals surface area contributed by atoms with Crippen LogP contribution in [-0.2, 0) is 17.8 Å². The fourth-order valence-electron chi connectivity index (χ4n) is 4.34. The first-order valence-electron chi connectivity index (χ1n) is 8.83. The SMILES string of the molecule is COc1ccccc1NC1CC2(Cc3ccccc3CN(C)C2=O)C1. The monoisotopic (exact) mass is 336 g/mol. The van der Waals surface area contributed by atoms with Gasteiger partial charge in [-0.2, -0.15) is 0 Å². The van der Waals surface area contributed by atoms with E-state index in [1.165, 1.54) is 11.1 Å². The van der Waals surface area contributed by atoms with Gasteiger partial charge in [0.15, 0.2) is 0 Å². The van der Waals surface area contributed by atoms with Crippen molar-refractivity contribution in [3.05, 3.63) is 59.7 Å². The predicted molar refractivity (Wildman–Crippen MR) is 98.7 cm³/mol. The number of amides is 1. The Morgan fingerprint density at radius 1 is 1.08 bits per heavy atom. The van der Waals surface area contributed by atoms with Gasteiger partial charge in [-0.25, -0.2) is 0 Å². The summed E-state index contributed by atoms with van der Waals surface area (Å²) >= 11 is 0. The van der Waals surface area contributed by atoms with Crippen LogP contribution in [0.25, 0.3) is 0 Å². The molecule has 0 bridgehead atoms. The largest absolute Gasteiger partial charge is 0.495 e. The number of carbonyl (C=O) groups excluding carboxylic acids is 1. The molecule has 0 radical (unpaired) electrons. The highest BCUT2D eigenvalue weighted by atomic mass is 16.5. The van der Waals surface area contributed by atoms with Crippen molar-refractivity contribution in [2.75, 3.05) is 19.5 Å². The van der Waals surface area contributed by atoms with E-state index in [1.807, 2.05) is 36.2 Å². The highest BCUT2D eigenvalue weighted by Crippen LogP contribution is 2.48. The van der Waals surface area contributed by atoms with Gasteiger partial charge in [-0.05, 0) is 42.5 Å². The zero-order chi connectivity index (χ0) is 17.4. The Labute approximate surface area is 148 Å². The molecule has 130 valence electrons. The van der Waals surface area contributed by atoms with Gasteiger partial charge in [-0.3, -0.25) is 4.79 Å². The molecular formula is C21H24N2O2. The molecule has 4 nitrogen and oxygen atoms in total. The van der Waals surface area contributed by atoms with Gasteiger partial charge in [-0.15, -0.1) is 0 Å². The molecule has 1 heterocycles. The Bertz CT molecular complexity index is 796. The van der Waals surface area contributed by atoms with Crippen LogP contribution in [0.15, 0.2) is 48.5 Å². The van der Waals surface area contributed by atoms with Gasteiger partial charge < -0.3 is 15.0 Å². The molecule has 0 atom stereocenters. The van der Waals surface area contributed by atoms with Crippen LogP contribution in [0, 0.1) is 5.41 Å². The summed E-state index contributed by atoms with van der Waals surface area (Å²) in [6.07, 6.45) is 2.57. The number of anilines is 1. The van der Waals surface area contributed by atoms with Gasteiger partial charge >= 0.3 is 0 Å². The number of fused-ring (bicyclic) bond motifs is 1. The number of methoxy groups -OCH3 is 1. The van der Waals surface area contributed by atoms with Crippen molar-refractivity contribution in [3.8, 4) is 5.75 Å². The van der Waals surface area contributed by atoms with E-state index < -0.39 is 0 Å². The van der Waals surface area contributed by atoms with E-state index in [1.54, 1.807) is 7.11 Å². The number of hydrogen-bond donors (Lipinski definition) is 1. The molecule has 1 saturated carbocycles. The number of benzene rings is 2. The normalized spacial score (nSPS) is 25.1. The van der Waals surface area contributed by atoms with Crippen LogP contribution < -0.4 is 10.1 Å². The van der Waals surface area contributed by atoms with Gasteiger partial charge in [0.2, 0.25) is 5.91 Å². The number of carbonyl (C=O) groups is 1. The van der Waals surface area contributed by atoms with Gasteiger partial charge in [0.1, 0.15) is 5.75 Å². The third kappa shape index (κ3) is 2.76. The molecule has 0 saturated heterocycles. The highest BCUT2D eigenvalue weighted by molar-refractivity contribution is 5.85. The summed E-state index contributed by atoms with van der Waals surface area (Å²) in [6.45, 7) is 0.710. The second kappa shape index (κ2) is 6.10. The maximum absolute atomic E-state index is 13.0. The highest BCUT2D eigenvalue weighted by Gasteiger charge is 2.52. The second-order valence-corrected chi connectivity index (χ2v) is 7.34. The van der Waals surface area contributed by atoms with E-state index in [0.29, 0.717) is 12.6 Å². The average Bonchev–Trinajstić information content (AvgIpc) is 2.71. The lowest BCUT2D eigenvalue weighted by atomic mass is 9.61. The molecule has 2 aromatic rings. The van der Waals surface area contributed by atoms with Gasteiger partial charge in [-0.1, -0.05) is 36.4 Å². The number of nitrogens with one attached hydrogen (secondary N) is 1. The summed E-state index contributed by atoms with van der Waals surface area (Å²) in [5.41, 5.74) is 3.33. The van der Waals surface area contributed by atoms with Crippen LogP contribution in [0.5, 0.6) is 5.75 Å².